The summed E-state index contributed by atoms with van der Waals surface area (Å²) in [5, 5.41) is 115. The number of benzene rings is 7. The first-order valence-corrected chi connectivity index (χ1v) is 33.8. The van der Waals surface area contributed by atoms with Crippen LogP contribution >= 0.6 is 23.2 Å². The van der Waals surface area contributed by atoms with Crippen LogP contribution in [-0.4, -0.2) is 113 Å². The summed E-state index contributed by atoms with van der Waals surface area (Å²) in [6.07, 6.45) is 3.21. The summed E-state index contributed by atoms with van der Waals surface area (Å²) in [7, 11) is 0. The standard InChI is InChI=1S/C73H74Cl2N8O20/c1-5-6-7-8-9-10-11-20-76-32-43-49(87)31-42-55(63(43)89)41-25-34(13-16-47(41)85)56-67(93)82-61(70(96)81-60(42)71(97)98)62(88)36-15-19-51(45(75)26-36)102-54-29-38-28-53(64(54)90)101-50-18-12-33(21-44(50)74)22-46-65(91)78-58(68(94)80-59(38)69(95)79-56)37-23-39(84)30-40(24-37)100-52-27-35(14-17-48(52)86)57(66(92)77-46)83-72(99)103-73(2,3)4/h12-19,21,23-31,46,56-62,76,84-90H,5-11,20,22,32H2,1-4H3,(H,77,92)(H,78,91)(H,79,95)(H,80,94)(H,81,96)(H,82,93)(H,83,99)(H,97,98)/t46-,56-,57-,58-,59-,60-,61-,62?/m0/s1. The van der Waals surface area contributed by atoms with Crippen LogP contribution in [0.5, 0.6) is 69.0 Å². The number of carbonyl (C=O) groups is 8. The number of aliphatic hydroxyl groups is 1. The fourth-order valence-electron chi connectivity index (χ4n) is 12.4. The van der Waals surface area contributed by atoms with Gasteiger partial charge in [-0.2, -0.15) is 0 Å². The van der Waals surface area contributed by atoms with Crippen molar-refractivity contribution in [1.82, 2.24) is 42.5 Å². The van der Waals surface area contributed by atoms with Gasteiger partial charge in [0, 0.05) is 35.7 Å². The second-order valence-electron chi connectivity index (χ2n) is 26.3. The lowest BCUT2D eigenvalue weighted by atomic mass is 9.88. The number of carboxylic acids is 1. The number of halogens is 2. The molecule has 0 radical (unpaired) electrons. The SMILES string of the molecule is CCCCCCCCCNCc1c(O)cc2c(c1O)-c1cc(ccc1O)[C@@H]1NC(=O)[C@H]3NC(=O)[C@H]4NC(=O)[C@H](Cc5ccc(c(Cl)c5)Oc5cc3cc(c5O)Oc3ccc(cc3Cl)C(O)[C@H](NC1=O)C(=O)N[C@@H]2C(=O)O)NC(=O)[C@@H](NC(=O)OC(C)(C)C)c1ccc(O)c(c1)Oc1cc(O)cc4c1. The maximum Gasteiger partial charge on any atom is 0.408 e. The van der Waals surface area contributed by atoms with Crippen molar-refractivity contribution in [2.24, 2.45) is 0 Å². The molecule has 6 aliphatic rings. The highest BCUT2D eigenvalue weighted by molar-refractivity contribution is 6.32. The van der Waals surface area contributed by atoms with Crippen molar-refractivity contribution in [3.05, 3.63) is 164 Å². The quantitative estimate of drug-likeness (QED) is 0.0506. The number of aromatic hydroxyl groups is 6. The van der Waals surface area contributed by atoms with E-state index in [0.29, 0.717) is 13.0 Å². The smallest absolute Gasteiger partial charge is 0.408 e. The van der Waals surface area contributed by atoms with Gasteiger partial charge in [0.15, 0.2) is 29.0 Å². The molecule has 103 heavy (non-hydrogen) atoms. The first-order valence-electron chi connectivity index (χ1n) is 33.0. The first kappa shape index (κ1) is 73.0. The number of aliphatic carboxylic acids is 1. The van der Waals surface area contributed by atoms with Crippen molar-refractivity contribution in [3.8, 4) is 80.1 Å². The lowest BCUT2D eigenvalue weighted by molar-refractivity contribution is -0.143. The fraction of sp³-hybridized carbons (Fsp3) is 0.315. The van der Waals surface area contributed by atoms with E-state index in [4.69, 9.17) is 42.1 Å². The number of phenolic OH excluding ortho intramolecular Hbond substituents is 6. The Bertz CT molecular complexity index is 4550. The van der Waals surface area contributed by atoms with Gasteiger partial charge in [0.25, 0.3) is 0 Å². The number of aliphatic hydroxyl groups excluding tert-OH is 1. The normalized spacial score (nSPS) is 20.3. The Balaban J connectivity index is 1.09. The number of amides is 7. The highest BCUT2D eigenvalue weighted by Gasteiger charge is 2.42. The van der Waals surface area contributed by atoms with Crippen LogP contribution in [0.4, 0.5) is 4.79 Å². The highest BCUT2D eigenvalue weighted by Crippen LogP contribution is 2.49. The summed E-state index contributed by atoms with van der Waals surface area (Å²) in [6.45, 7) is 7.06. The summed E-state index contributed by atoms with van der Waals surface area (Å²) in [5.74, 6) is -15.5. The molecule has 0 saturated carbocycles. The predicted octanol–water partition coefficient (Wildman–Crippen LogP) is 9.39. The van der Waals surface area contributed by atoms with Gasteiger partial charge < -0.3 is 102 Å². The van der Waals surface area contributed by atoms with Crippen LogP contribution < -0.4 is 56.7 Å². The first-order chi connectivity index (χ1) is 49.0. The van der Waals surface area contributed by atoms with Gasteiger partial charge in [-0.3, -0.25) is 28.8 Å². The van der Waals surface area contributed by atoms with Crippen molar-refractivity contribution in [1.29, 1.82) is 0 Å². The minimum Gasteiger partial charge on any atom is -0.508 e. The lowest BCUT2D eigenvalue weighted by Crippen LogP contribution is -2.55. The van der Waals surface area contributed by atoms with Crippen LogP contribution in [0.1, 0.15) is 153 Å². The molecular formula is C73H74Cl2N8O20. The van der Waals surface area contributed by atoms with E-state index in [0.717, 1.165) is 99.2 Å². The number of ether oxygens (including phenoxy) is 4. The molecule has 0 saturated heterocycles. The van der Waals surface area contributed by atoms with E-state index in [1.54, 1.807) is 20.8 Å². The number of phenols is 6. The number of hydrogen-bond donors (Lipinski definition) is 16. The summed E-state index contributed by atoms with van der Waals surface area (Å²) < 4.78 is 24.2. The molecule has 0 spiro atoms. The summed E-state index contributed by atoms with van der Waals surface area (Å²) >= 11 is 13.9. The number of nitrogens with one attached hydrogen (secondary N) is 8. The Morgan fingerprint density at radius 2 is 1.15 bits per heavy atom. The molecule has 1 unspecified atom stereocenters. The van der Waals surface area contributed by atoms with Crippen LogP contribution in [0.15, 0.2) is 109 Å². The Morgan fingerprint density at radius 1 is 0.553 bits per heavy atom. The van der Waals surface area contributed by atoms with Gasteiger partial charge >= 0.3 is 12.1 Å². The molecule has 7 aromatic rings. The molecular weight excluding hydrogens is 1380 g/mol. The van der Waals surface area contributed by atoms with Crippen LogP contribution in [0, 0.1) is 0 Å². The largest absolute Gasteiger partial charge is 0.508 e. The number of unbranched alkanes of at least 4 members (excludes halogenated alkanes) is 6. The molecule has 0 fully saturated rings. The van der Waals surface area contributed by atoms with Crippen molar-refractivity contribution in [2.45, 2.75) is 140 Å². The Kier molecular flexibility index (Phi) is 21.7. The molecule has 540 valence electrons. The molecule has 6 aliphatic heterocycles. The van der Waals surface area contributed by atoms with Crippen LogP contribution in [-0.2, 0) is 51.3 Å². The van der Waals surface area contributed by atoms with E-state index >= 15 is 19.2 Å². The number of carboxylic acid groups (broad SMARTS) is 1. The van der Waals surface area contributed by atoms with Gasteiger partial charge in [-0.25, -0.2) is 9.59 Å². The van der Waals surface area contributed by atoms with Crippen LogP contribution in [0.25, 0.3) is 11.1 Å². The number of alkyl carbamates (subject to hydrolysis) is 1. The van der Waals surface area contributed by atoms with E-state index in [1.165, 1.54) is 48.5 Å². The molecule has 0 aliphatic carbocycles. The molecule has 17 bridgehead atoms. The van der Waals surface area contributed by atoms with E-state index in [9.17, 15) is 60.0 Å². The van der Waals surface area contributed by atoms with Gasteiger partial charge in [-0.1, -0.05) is 92.9 Å². The molecule has 28 nitrogen and oxygen atoms in total. The monoisotopic (exact) mass is 1450 g/mol. The van der Waals surface area contributed by atoms with E-state index in [-0.39, 0.29) is 78.5 Å². The number of carbonyl (C=O) groups excluding carboxylic acids is 7. The highest BCUT2D eigenvalue weighted by atomic mass is 35.5. The van der Waals surface area contributed by atoms with Crippen molar-refractivity contribution in [2.75, 3.05) is 6.54 Å². The topological polar surface area (TPSA) is 432 Å². The molecule has 0 aromatic heterocycles. The average Bonchev–Trinajstić information content (AvgIpc) is 0.760. The molecule has 7 amide bonds. The minimum atomic E-state index is -2.23. The third-order valence-electron chi connectivity index (χ3n) is 17.6. The summed E-state index contributed by atoms with van der Waals surface area (Å²) in [4.78, 5) is 120. The second kappa shape index (κ2) is 30.6. The van der Waals surface area contributed by atoms with Gasteiger partial charge in [-0.15, -0.1) is 0 Å². The second-order valence-corrected chi connectivity index (χ2v) is 27.1. The molecule has 7 aromatic carbocycles. The molecule has 30 heteroatoms. The predicted molar refractivity (Wildman–Crippen MR) is 370 cm³/mol. The van der Waals surface area contributed by atoms with E-state index < -0.39 is 171 Å². The number of rotatable bonds is 12. The molecule has 6 heterocycles. The van der Waals surface area contributed by atoms with Gasteiger partial charge in [-0.05, 0) is 146 Å². The van der Waals surface area contributed by atoms with Crippen molar-refractivity contribution >= 4 is 70.7 Å². The van der Waals surface area contributed by atoms with E-state index in [1.807, 2.05) is 0 Å². The Hall–Kier alpha value is -11.2. The minimum absolute atomic E-state index is 0.00829. The number of hydrogen-bond acceptors (Lipinski definition) is 20. The van der Waals surface area contributed by atoms with Crippen molar-refractivity contribution in [3.63, 3.8) is 0 Å². The Labute approximate surface area is 598 Å². The van der Waals surface area contributed by atoms with E-state index in [2.05, 4.69) is 49.5 Å². The van der Waals surface area contributed by atoms with Gasteiger partial charge in [0.05, 0.1) is 15.6 Å². The summed E-state index contributed by atoms with van der Waals surface area (Å²) in [5.41, 5.74) is -3.53. The lowest BCUT2D eigenvalue weighted by Gasteiger charge is -2.31. The maximum absolute atomic E-state index is 16.1. The summed E-state index contributed by atoms with van der Waals surface area (Å²) in [6, 6.07) is 6.67. The average molecular weight is 1450 g/mol. The van der Waals surface area contributed by atoms with Gasteiger partial charge in [0.2, 0.25) is 41.2 Å². The molecule has 16 N–H and O–H groups in total. The third kappa shape index (κ3) is 16.4. The zero-order chi connectivity index (χ0) is 73.9. The third-order valence-corrected chi connectivity index (χ3v) is 18.2. The fourth-order valence-corrected chi connectivity index (χ4v) is 12.9. The molecule has 13 rings (SSSR count). The zero-order valence-corrected chi connectivity index (χ0v) is 57.3. The van der Waals surface area contributed by atoms with Crippen molar-refractivity contribution < 1.29 is 98.2 Å². The Morgan fingerprint density at radius 3 is 1.81 bits per heavy atom. The van der Waals surface area contributed by atoms with Gasteiger partial charge in [0.1, 0.15) is 88.2 Å². The zero-order valence-electron chi connectivity index (χ0n) is 55.8. The molecule has 8 atom stereocenters. The van der Waals surface area contributed by atoms with Crippen LogP contribution in [0.3, 0.4) is 0 Å². The van der Waals surface area contributed by atoms with Crippen LogP contribution in [0.2, 0.25) is 10.0 Å². The number of fused-ring (bicyclic) bond motifs is 14. The maximum atomic E-state index is 16.1.